The maximum atomic E-state index is 12.1. The molecular formula is C14H17N3O. The van der Waals surface area contributed by atoms with Crippen LogP contribution in [0.2, 0.25) is 0 Å². The highest BCUT2D eigenvalue weighted by Crippen LogP contribution is 2.16. The molecule has 1 heterocycles. The second kappa shape index (κ2) is 5.58. The number of H-pyrrole nitrogens is 1. The molecule has 0 unspecified atom stereocenters. The monoisotopic (exact) mass is 243 g/mol. The van der Waals surface area contributed by atoms with Crippen LogP contribution in [0.5, 0.6) is 0 Å². The van der Waals surface area contributed by atoms with Crippen molar-refractivity contribution in [3.63, 3.8) is 0 Å². The number of hydrogen-bond acceptors (Lipinski definition) is 3. The van der Waals surface area contributed by atoms with Gasteiger partial charge < -0.3 is 0 Å². The number of aryl methyl sites for hydroxylation is 1. The number of aromatic nitrogens is 3. The Morgan fingerprint density at radius 1 is 1.22 bits per heavy atom. The first-order valence-corrected chi connectivity index (χ1v) is 6.16. The first-order chi connectivity index (χ1) is 8.68. The maximum absolute atomic E-state index is 12.1. The van der Waals surface area contributed by atoms with Gasteiger partial charge >= 0.3 is 0 Å². The number of hydrogen-bond donors (Lipinski definition) is 1. The van der Waals surface area contributed by atoms with Crippen LogP contribution in [0.1, 0.15) is 47.9 Å². The maximum Gasteiger partial charge on any atom is 0.185 e. The van der Waals surface area contributed by atoms with Crippen LogP contribution < -0.4 is 0 Å². The fourth-order valence-corrected chi connectivity index (χ4v) is 1.87. The van der Waals surface area contributed by atoms with Crippen molar-refractivity contribution in [2.45, 2.75) is 32.6 Å². The summed E-state index contributed by atoms with van der Waals surface area (Å²) in [6, 6.07) is 9.99. The molecule has 94 valence electrons. The molecule has 0 spiro atoms. The summed E-state index contributed by atoms with van der Waals surface area (Å²) in [5.41, 5.74) is 2.41. The van der Waals surface area contributed by atoms with Crippen LogP contribution in [0.25, 0.3) is 0 Å². The Balaban J connectivity index is 2.02. The Hall–Kier alpha value is -1.97. The van der Waals surface area contributed by atoms with E-state index in [1.807, 2.05) is 44.2 Å². The number of nitrogens with one attached hydrogen (secondary N) is 1. The number of carbonyl (C=O) groups excluding carboxylic acids is 1. The number of aromatic amines is 1. The van der Waals surface area contributed by atoms with E-state index >= 15 is 0 Å². The molecule has 4 nitrogen and oxygen atoms in total. The van der Waals surface area contributed by atoms with Crippen LogP contribution in [-0.4, -0.2) is 21.2 Å². The fraction of sp³-hybridized carbons (Fsp3) is 0.357. The Kier molecular flexibility index (Phi) is 3.87. The summed E-state index contributed by atoms with van der Waals surface area (Å²) >= 11 is 0. The van der Waals surface area contributed by atoms with Crippen LogP contribution >= 0.6 is 0 Å². The Morgan fingerprint density at radius 2 is 1.94 bits per heavy atom. The highest BCUT2D eigenvalue weighted by atomic mass is 16.1. The van der Waals surface area contributed by atoms with Crippen LogP contribution in [0.15, 0.2) is 30.3 Å². The molecule has 0 saturated carbocycles. The summed E-state index contributed by atoms with van der Waals surface area (Å²) in [7, 11) is 0. The fourth-order valence-electron chi connectivity index (χ4n) is 1.87. The highest BCUT2D eigenvalue weighted by Gasteiger charge is 2.18. The Labute approximate surface area is 106 Å². The molecule has 18 heavy (non-hydrogen) atoms. The summed E-state index contributed by atoms with van der Waals surface area (Å²) in [6.07, 6.45) is 1.21. The summed E-state index contributed by atoms with van der Waals surface area (Å²) in [5.74, 6) is 0.260. The van der Waals surface area contributed by atoms with Crippen molar-refractivity contribution in [1.29, 1.82) is 0 Å². The van der Waals surface area contributed by atoms with Gasteiger partial charge in [-0.15, -0.1) is 0 Å². The van der Waals surface area contributed by atoms with Crippen LogP contribution in [-0.2, 0) is 6.42 Å². The van der Waals surface area contributed by atoms with Gasteiger partial charge in [-0.25, -0.2) is 0 Å². The first kappa shape index (κ1) is 12.5. The van der Waals surface area contributed by atoms with Gasteiger partial charge in [-0.05, 0) is 17.9 Å². The molecule has 1 aromatic heterocycles. The molecule has 2 rings (SSSR count). The van der Waals surface area contributed by atoms with E-state index in [9.17, 15) is 4.79 Å². The van der Waals surface area contributed by atoms with Gasteiger partial charge in [0.1, 0.15) is 0 Å². The third-order valence-electron chi connectivity index (χ3n) is 2.87. The minimum Gasteiger partial charge on any atom is -0.292 e. The lowest BCUT2D eigenvalue weighted by Gasteiger charge is -2.03. The van der Waals surface area contributed by atoms with Gasteiger partial charge in [-0.1, -0.05) is 44.2 Å². The van der Waals surface area contributed by atoms with E-state index in [1.54, 1.807) is 0 Å². The van der Waals surface area contributed by atoms with Crippen molar-refractivity contribution in [3.05, 3.63) is 47.3 Å². The molecular weight excluding hydrogens is 226 g/mol. The molecule has 0 aliphatic heterocycles. The molecule has 0 bridgehead atoms. The number of ketones is 1. The average molecular weight is 243 g/mol. The van der Waals surface area contributed by atoms with E-state index in [2.05, 4.69) is 15.4 Å². The molecule has 0 saturated heterocycles. The largest absolute Gasteiger partial charge is 0.292 e. The van der Waals surface area contributed by atoms with Crippen molar-refractivity contribution in [2.75, 3.05) is 0 Å². The van der Waals surface area contributed by atoms with Gasteiger partial charge in [0.05, 0.1) is 5.69 Å². The summed E-state index contributed by atoms with van der Waals surface area (Å²) in [6.45, 7) is 4.01. The van der Waals surface area contributed by atoms with Crippen molar-refractivity contribution in [1.82, 2.24) is 15.4 Å². The molecule has 1 aromatic carbocycles. The minimum atomic E-state index is 0.0521. The van der Waals surface area contributed by atoms with E-state index < -0.39 is 0 Å². The van der Waals surface area contributed by atoms with E-state index in [0.717, 1.165) is 12.1 Å². The molecule has 4 heteroatoms. The smallest absolute Gasteiger partial charge is 0.185 e. The number of benzene rings is 1. The molecule has 0 radical (unpaired) electrons. The average Bonchev–Trinajstić information content (AvgIpc) is 2.86. The van der Waals surface area contributed by atoms with E-state index in [1.165, 1.54) is 5.56 Å². The SMILES string of the molecule is CC(C)c1n[nH]nc1C(=O)CCc1ccccc1. The Bertz CT molecular complexity index is 517. The van der Waals surface area contributed by atoms with E-state index in [-0.39, 0.29) is 11.7 Å². The highest BCUT2D eigenvalue weighted by molar-refractivity contribution is 5.95. The molecule has 0 amide bonds. The number of nitrogens with zero attached hydrogens (tertiary/aromatic N) is 2. The Morgan fingerprint density at radius 3 is 2.61 bits per heavy atom. The van der Waals surface area contributed by atoms with Gasteiger partial charge in [0.2, 0.25) is 0 Å². The predicted molar refractivity (Wildman–Crippen MR) is 69.6 cm³/mol. The molecule has 0 aliphatic rings. The van der Waals surface area contributed by atoms with Crippen molar-refractivity contribution >= 4 is 5.78 Å². The first-order valence-electron chi connectivity index (χ1n) is 6.16. The summed E-state index contributed by atoms with van der Waals surface area (Å²) in [5, 5.41) is 10.5. The number of rotatable bonds is 5. The molecule has 0 aliphatic carbocycles. The van der Waals surface area contributed by atoms with Crippen LogP contribution in [0.4, 0.5) is 0 Å². The van der Waals surface area contributed by atoms with E-state index in [4.69, 9.17) is 0 Å². The second-order valence-corrected chi connectivity index (χ2v) is 4.62. The van der Waals surface area contributed by atoms with Gasteiger partial charge in [0.15, 0.2) is 11.5 Å². The third-order valence-corrected chi connectivity index (χ3v) is 2.87. The standard InChI is InChI=1S/C14H17N3O/c1-10(2)13-14(16-17-15-13)12(18)9-8-11-6-4-3-5-7-11/h3-7,10H,8-9H2,1-2H3,(H,15,16,17). The predicted octanol–water partition coefficient (Wildman–Crippen LogP) is 2.74. The summed E-state index contributed by atoms with van der Waals surface area (Å²) in [4.78, 5) is 12.1. The number of carbonyl (C=O) groups is 1. The van der Waals surface area contributed by atoms with Crippen LogP contribution in [0, 0.1) is 0 Å². The van der Waals surface area contributed by atoms with Gasteiger partial charge in [-0.3, -0.25) is 4.79 Å². The zero-order valence-corrected chi connectivity index (χ0v) is 10.7. The molecule has 1 N–H and O–H groups in total. The van der Waals surface area contributed by atoms with Gasteiger partial charge in [-0.2, -0.15) is 15.4 Å². The van der Waals surface area contributed by atoms with E-state index in [0.29, 0.717) is 12.1 Å². The lowest BCUT2D eigenvalue weighted by Crippen LogP contribution is -2.06. The lowest BCUT2D eigenvalue weighted by atomic mass is 10.0. The van der Waals surface area contributed by atoms with Crippen molar-refractivity contribution < 1.29 is 4.79 Å². The zero-order valence-electron chi connectivity index (χ0n) is 10.7. The van der Waals surface area contributed by atoms with Gasteiger partial charge in [0.25, 0.3) is 0 Å². The number of Topliss-reactive ketones (excluding diaryl/α,β-unsaturated/α-hetero) is 1. The van der Waals surface area contributed by atoms with Crippen molar-refractivity contribution in [2.24, 2.45) is 0 Å². The van der Waals surface area contributed by atoms with Crippen LogP contribution in [0.3, 0.4) is 0 Å². The topological polar surface area (TPSA) is 58.6 Å². The zero-order chi connectivity index (χ0) is 13.0. The summed E-state index contributed by atoms with van der Waals surface area (Å²) < 4.78 is 0. The lowest BCUT2D eigenvalue weighted by molar-refractivity contribution is 0.0976. The third kappa shape index (κ3) is 2.83. The second-order valence-electron chi connectivity index (χ2n) is 4.62. The molecule has 2 aromatic rings. The van der Waals surface area contributed by atoms with Gasteiger partial charge in [0, 0.05) is 6.42 Å². The molecule has 0 fully saturated rings. The van der Waals surface area contributed by atoms with Crippen molar-refractivity contribution in [3.8, 4) is 0 Å². The molecule has 0 atom stereocenters. The quantitative estimate of drug-likeness (QED) is 0.821. The normalized spacial score (nSPS) is 10.8. The minimum absolute atomic E-state index is 0.0521.